The van der Waals surface area contributed by atoms with Gasteiger partial charge in [-0.3, -0.25) is 4.79 Å². The lowest BCUT2D eigenvalue weighted by Crippen LogP contribution is -2.40. The summed E-state index contributed by atoms with van der Waals surface area (Å²) in [7, 11) is 0. The van der Waals surface area contributed by atoms with Crippen molar-refractivity contribution in [2.24, 2.45) is 5.92 Å². The number of piperidine rings is 1. The van der Waals surface area contributed by atoms with E-state index in [1.165, 1.54) is 5.56 Å². The standard InChI is InChI=1S/C22H25N3O2/c26-16-21-23-19-8-4-5-9-20(19)25(21)15-22(27)24-12-10-18(11-13-24)14-17-6-2-1-3-7-17/h1-9,18,26H,10-16H2. The van der Waals surface area contributed by atoms with Gasteiger partial charge in [-0.25, -0.2) is 4.98 Å². The number of aliphatic hydroxyl groups is 1. The predicted molar refractivity (Wildman–Crippen MR) is 105 cm³/mol. The van der Waals surface area contributed by atoms with Gasteiger partial charge >= 0.3 is 0 Å². The second-order valence-electron chi connectivity index (χ2n) is 7.27. The molecule has 2 aromatic carbocycles. The number of nitrogens with zero attached hydrogens (tertiary/aromatic N) is 3. The number of aliphatic hydroxyl groups excluding tert-OH is 1. The lowest BCUT2D eigenvalue weighted by Gasteiger charge is -2.32. The Labute approximate surface area is 159 Å². The zero-order chi connectivity index (χ0) is 18.6. The van der Waals surface area contributed by atoms with Gasteiger partial charge in [0, 0.05) is 13.1 Å². The fourth-order valence-corrected chi connectivity index (χ4v) is 3.99. The molecule has 1 aliphatic heterocycles. The molecule has 5 nitrogen and oxygen atoms in total. The topological polar surface area (TPSA) is 58.4 Å². The van der Waals surface area contributed by atoms with Crippen LogP contribution in [0.15, 0.2) is 54.6 Å². The van der Waals surface area contributed by atoms with E-state index in [9.17, 15) is 9.90 Å². The van der Waals surface area contributed by atoms with Crippen LogP contribution >= 0.6 is 0 Å². The van der Waals surface area contributed by atoms with E-state index in [1.807, 2.05) is 39.8 Å². The maximum Gasteiger partial charge on any atom is 0.242 e. The average molecular weight is 363 g/mol. The van der Waals surface area contributed by atoms with E-state index in [4.69, 9.17) is 0 Å². The van der Waals surface area contributed by atoms with Crippen molar-refractivity contribution in [3.8, 4) is 0 Å². The van der Waals surface area contributed by atoms with Crippen LogP contribution < -0.4 is 0 Å². The summed E-state index contributed by atoms with van der Waals surface area (Å²) < 4.78 is 1.84. The Morgan fingerprint density at radius 2 is 1.74 bits per heavy atom. The highest BCUT2D eigenvalue weighted by atomic mass is 16.3. The lowest BCUT2D eigenvalue weighted by molar-refractivity contribution is -0.133. The Bertz CT molecular complexity index is 912. The van der Waals surface area contributed by atoms with Gasteiger partial charge < -0.3 is 14.6 Å². The maximum atomic E-state index is 12.8. The van der Waals surface area contributed by atoms with Crippen LogP contribution in [0.5, 0.6) is 0 Å². The number of carbonyl (C=O) groups excluding carboxylic acids is 1. The molecule has 0 aliphatic carbocycles. The number of hydrogen-bond donors (Lipinski definition) is 1. The normalized spacial score (nSPS) is 15.4. The Kier molecular flexibility index (Phi) is 5.21. The van der Waals surface area contributed by atoms with E-state index in [1.54, 1.807) is 0 Å². The van der Waals surface area contributed by atoms with Crippen LogP contribution in [0.1, 0.15) is 24.2 Å². The van der Waals surface area contributed by atoms with Crippen molar-refractivity contribution in [1.82, 2.24) is 14.5 Å². The van der Waals surface area contributed by atoms with Crippen LogP contribution in [-0.4, -0.2) is 38.6 Å². The molecule has 0 bridgehead atoms. The highest BCUT2D eigenvalue weighted by molar-refractivity contribution is 5.81. The summed E-state index contributed by atoms with van der Waals surface area (Å²) in [5.41, 5.74) is 3.09. The smallest absolute Gasteiger partial charge is 0.242 e. The minimum absolute atomic E-state index is 0.103. The predicted octanol–water partition coefficient (Wildman–Crippen LogP) is 3.01. The summed E-state index contributed by atoms with van der Waals surface area (Å²) in [6, 6.07) is 18.3. The number of aromatic nitrogens is 2. The third kappa shape index (κ3) is 3.88. The summed E-state index contributed by atoms with van der Waals surface area (Å²) in [5, 5.41) is 9.61. The van der Waals surface area contributed by atoms with Gasteiger partial charge in [-0.1, -0.05) is 42.5 Å². The molecule has 1 amide bonds. The van der Waals surface area contributed by atoms with Gasteiger partial charge in [-0.15, -0.1) is 0 Å². The fraction of sp³-hybridized carbons (Fsp3) is 0.364. The maximum absolute atomic E-state index is 12.8. The Balaban J connectivity index is 1.39. The van der Waals surface area contributed by atoms with E-state index < -0.39 is 0 Å². The molecule has 0 radical (unpaired) electrons. The van der Waals surface area contributed by atoms with Crippen molar-refractivity contribution in [3.63, 3.8) is 0 Å². The summed E-state index contributed by atoms with van der Waals surface area (Å²) in [4.78, 5) is 19.2. The van der Waals surface area contributed by atoms with Gasteiger partial charge in [-0.2, -0.15) is 0 Å². The number of hydrogen-bond acceptors (Lipinski definition) is 3. The first-order valence-corrected chi connectivity index (χ1v) is 9.61. The van der Waals surface area contributed by atoms with Crippen molar-refractivity contribution >= 4 is 16.9 Å². The molecule has 1 saturated heterocycles. The molecule has 140 valence electrons. The van der Waals surface area contributed by atoms with Gasteiger partial charge in [0.25, 0.3) is 0 Å². The Hall–Kier alpha value is -2.66. The fourth-order valence-electron chi connectivity index (χ4n) is 3.99. The first-order valence-electron chi connectivity index (χ1n) is 9.61. The van der Waals surface area contributed by atoms with Gasteiger partial charge in [-0.05, 0) is 42.9 Å². The molecule has 0 unspecified atom stereocenters. The molecular weight excluding hydrogens is 338 g/mol. The van der Waals surface area contributed by atoms with Crippen LogP contribution in [0.3, 0.4) is 0 Å². The summed E-state index contributed by atoms with van der Waals surface area (Å²) >= 11 is 0. The Morgan fingerprint density at radius 1 is 1.04 bits per heavy atom. The number of imidazole rings is 1. The van der Waals surface area contributed by atoms with E-state index in [-0.39, 0.29) is 19.1 Å². The average Bonchev–Trinajstić information content (AvgIpc) is 3.07. The molecule has 1 aliphatic rings. The number of likely N-dealkylation sites (tertiary alicyclic amines) is 1. The van der Waals surface area contributed by atoms with Crippen molar-refractivity contribution in [2.75, 3.05) is 13.1 Å². The van der Waals surface area contributed by atoms with Gasteiger partial charge in [0.1, 0.15) is 19.0 Å². The minimum atomic E-state index is -0.166. The van der Waals surface area contributed by atoms with E-state index in [0.717, 1.165) is 43.4 Å². The zero-order valence-electron chi connectivity index (χ0n) is 15.4. The van der Waals surface area contributed by atoms with Crippen molar-refractivity contribution in [1.29, 1.82) is 0 Å². The molecule has 4 rings (SSSR count). The lowest BCUT2D eigenvalue weighted by atomic mass is 9.90. The second-order valence-corrected chi connectivity index (χ2v) is 7.27. The first-order chi connectivity index (χ1) is 13.2. The number of amides is 1. The van der Waals surface area contributed by atoms with Gasteiger partial charge in [0.15, 0.2) is 0 Å². The quantitative estimate of drug-likeness (QED) is 0.758. The molecule has 0 saturated carbocycles. The molecule has 0 atom stereocenters. The van der Waals surface area contributed by atoms with Crippen molar-refractivity contribution in [2.45, 2.75) is 32.4 Å². The van der Waals surface area contributed by atoms with Gasteiger partial charge in [0.05, 0.1) is 11.0 Å². The number of para-hydroxylation sites is 2. The summed E-state index contributed by atoms with van der Waals surface area (Å²) in [5.74, 6) is 1.29. The number of rotatable bonds is 5. The van der Waals surface area contributed by atoms with Crippen LogP contribution in [-0.2, 0) is 24.4 Å². The molecule has 27 heavy (non-hydrogen) atoms. The van der Waals surface area contributed by atoms with Gasteiger partial charge in [0.2, 0.25) is 5.91 Å². The van der Waals surface area contributed by atoms with E-state index >= 15 is 0 Å². The highest BCUT2D eigenvalue weighted by Gasteiger charge is 2.24. The Morgan fingerprint density at radius 3 is 2.48 bits per heavy atom. The van der Waals surface area contributed by atoms with Crippen LogP contribution in [0.4, 0.5) is 0 Å². The highest BCUT2D eigenvalue weighted by Crippen LogP contribution is 2.23. The van der Waals surface area contributed by atoms with Crippen molar-refractivity contribution in [3.05, 3.63) is 66.0 Å². The minimum Gasteiger partial charge on any atom is -0.388 e. The summed E-state index contributed by atoms with van der Waals surface area (Å²) in [6.45, 7) is 1.68. The number of carbonyl (C=O) groups is 1. The molecule has 2 heterocycles. The molecule has 5 heteroatoms. The van der Waals surface area contributed by atoms with E-state index in [0.29, 0.717) is 11.7 Å². The molecular formula is C22H25N3O2. The number of benzene rings is 2. The zero-order valence-corrected chi connectivity index (χ0v) is 15.4. The third-order valence-electron chi connectivity index (χ3n) is 5.50. The third-order valence-corrected chi connectivity index (χ3v) is 5.50. The van der Waals surface area contributed by atoms with Crippen LogP contribution in [0.2, 0.25) is 0 Å². The SMILES string of the molecule is O=C(Cn1c(CO)nc2ccccc21)N1CCC(Cc2ccccc2)CC1. The molecule has 1 N–H and O–H groups in total. The number of fused-ring (bicyclic) bond motifs is 1. The van der Waals surface area contributed by atoms with Crippen LogP contribution in [0.25, 0.3) is 11.0 Å². The molecule has 3 aromatic rings. The van der Waals surface area contributed by atoms with Crippen LogP contribution in [0, 0.1) is 5.92 Å². The molecule has 1 aromatic heterocycles. The second kappa shape index (κ2) is 7.92. The first kappa shape index (κ1) is 17.7. The molecule has 0 spiro atoms. The van der Waals surface area contributed by atoms with Crippen molar-refractivity contribution < 1.29 is 9.90 Å². The largest absolute Gasteiger partial charge is 0.388 e. The molecule has 1 fully saturated rings. The van der Waals surface area contributed by atoms with E-state index in [2.05, 4.69) is 29.2 Å². The summed E-state index contributed by atoms with van der Waals surface area (Å²) in [6.07, 6.45) is 3.17. The monoisotopic (exact) mass is 363 g/mol.